The summed E-state index contributed by atoms with van der Waals surface area (Å²) >= 11 is 0. The highest BCUT2D eigenvalue weighted by atomic mass is 32.2. The van der Waals surface area contributed by atoms with Crippen molar-refractivity contribution in [3.63, 3.8) is 0 Å². The first-order valence-corrected chi connectivity index (χ1v) is 13.4. The lowest BCUT2D eigenvalue weighted by atomic mass is 10.0. The topological polar surface area (TPSA) is 83.8 Å². The Labute approximate surface area is 193 Å². The van der Waals surface area contributed by atoms with Crippen molar-refractivity contribution in [1.82, 2.24) is 0 Å². The Morgan fingerprint density at radius 3 is 1.88 bits per heavy atom. The molecule has 0 amide bonds. The summed E-state index contributed by atoms with van der Waals surface area (Å²) in [5.74, 6) is 0.385. The van der Waals surface area contributed by atoms with Crippen LogP contribution < -0.4 is 4.74 Å². The van der Waals surface area contributed by atoms with Crippen LogP contribution in [-0.4, -0.2) is 18.1 Å². The van der Waals surface area contributed by atoms with Crippen molar-refractivity contribution in [3.05, 3.63) is 48.0 Å². The predicted octanol–water partition coefficient (Wildman–Crippen LogP) is 7.67. The van der Waals surface area contributed by atoms with Crippen molar-refractivity contribution < 1.29 is 22.8 Å². The van der Waals surface area contributed by atoms with Crippen LogP contribution in [0.1, 0.15) is 89.5 Å². The van der Waals surface area contributed by atoms with Crippen molar-refractivity contribution in [3.8, 4) is 17.2 Å². The van der Waals surface area contributed by atoms with Crippen molar-refractivity contribution in [2.24, 2.45) is 0 Å². The van der Waals surface area contributed by atoms with E-state index in [4.69, 9.17) is 9.29 Å². The molecule has 2 rings (SSSR count). The summed E-state index contributed by atoms with van der Waals surface area (Å²) in [4.78, 5) is -0.537. The van der Waals surface area contributed by atoms with Gasteiger partial charge in [0, 0.05) is 6.07 Å². The molecule has 0 aliphatic carbocycles. The summed E-state index contributed by atoms with van der Waals surface area (Å²) in [6.45, 7) is 2.26. The second-order valence-corrected chi connectivity index (χ2v) is 9.88. The Morgan fingerprint density at radius 1 is 0.750 bits per heavy atom. The Balaban J connectivity index is 1.66. The van der Waals surface area contributed by atoms with Crippen molar-refractivity contribution in [2.45, 2.75) is 95.3 Å². The molecular formula is C26H38O5S. The number of unbranched alkanes of at least 4 members (excludes halogenated alkanes) is 11. The van der Waals surface area contributed by atoms with E-state index in [1.165, 1.54) is 88.3 Å². The zero-order valence-corrected chi connectivity index (χ0v) is 20.1. The van der Waals surface area contributed by atoms with Gasteiger partial charge in [-0.05, 0) is 42.7 Å². The van der Waals surface area contributed by atoms with Crippen LogP contribution in [0.3, 0.4) is 0 Å². The fourth-order valence-electron chi connectivity index (χ4n) is 3.85. The van der Waals surface area contributed by atoms with Gasteiger partial charge in [0.15, 0.2) is 0 Å². The first-order valence-electron chi connectivity index (χ1n) is 12.0. The van der Waals surface area contributed by atoms with E-state index < -0.39 is 20.8 Å². The van der Waals surface area contributed by atoms with Gasteiger partial charge in [-0.25, -0.2) is 0 Å². The van der Waals surface area contributed by atoms with E-state index in [9.17, 15) is 13.5 Å². The van der Waals surface area contributed by atoms with E-state index in [2.05, 4.69) is 13.0 Å². The van der Waals surface area contributed by atoms with Crippen molar-refractivity contribution >= 4 is 10.1 Å². The van der Waals surface area contributed by atoms with Gasteiger partial charge in [0.1, 0.15) is 22.1 Å². The predicted molar refractivity (Wildman–Crippen MR) is 129 cm³/mol. The minimum atomic E-state index is -4.46. The first-order chi connectivity index (χ1) is 15.4. The minimum absolute atomic E-state index is 0.303. The van der Waals surface area contributed by atoms with Gasteiger partial charge in [-0.2, -0.15) is 8.42 Å². The summed E-state index contributed by atoms with van der Waals surface area (Å²) < 4.78 is 37.2. The molecule has 0 fully saturated rings. The number of phenolic OH excluding ortho intramolecular Hbond substituents is 1. The van der Waals surface area contributed by atoms with Gasteiger partial charge in [-0.3, -0.25) is 4.55 Å². The molecule has 2 aromatic rings. The maximum Gasteiger partial charge on any atom is 0.298 e. The van der Waals surface area contributed by atoms with Crippen LogP contribution in [0.5, 0.6) is 17.2 Å². The standard InChI is InChI=1S/C26H38O5S/c1-2-3-4-5-6-7-8-9-10-11-12-13-15-22-16-14-17-23(20-22)31-24-18-19-26(25(27)21-24)32(28,29)30/h14,16-21,27H,2-13,15H2,1H3,(H,28,29,30). The number of phenols is 1. The van der Waals surface area contributed by atoms with Crippen LogP contribution in [0.4, 0.5) is 0 Å². The highest BCUT2D eigenvalue weighted by molar-refractivity contribution is 7.86. The number of hydrogen-bond acceptors (Lipinski definition) is 4. The van der Waals surface area contributed by atoms with E-state index in [0.717, 1.165) is 18.9 Å². The Bertz CT molecular complexity index is 908. The van der Waals surface area contributed by atoms with Crippen LogP contribution >= 0.6 is 0 Å². The lowest BCUT2D eigenvalue weighted by Crippen LogP contribution is -1.98. The number of aromatic hydroxyl groups is 1. The number of hydrogen-bond donors (Lipinski definition) is 2. The molecule has 0 aliphatic rings. The third-order valence-corrected chi connectivity index (χ3v) is 6.56. The minimum Gasteiger partial charge on any atom is -0.506 e. The molecule has 0 saturated heterocycles. The number of ether oxygens (including phenoxy) is 1. The molecule has 0 atom stereocenters. The summed E-state index contributed by atoms with van der Waals surface area (Å²) in [6, 6.07) is 11.5. The summed E-state index contributed by atoms with van der Waals surface area (Å²) in [5, 5.41) is 9.82. The normalized spacial score (nSPS) is 11.6. The van der Waals surface area contributed by atoms with Crippen molar-refractivity contribution in [2.75, 3.05) is 0 Å². The molecule has 0 radical (unpaired) electrons. The zero-order chi connectivity index (χ0) is 23.2. The van der Waals surface area contributed by atoms with Gasteiger partial charge in [0.05, 0.1) is 0 Å². The van der Waals surface area contributed by atoms with E-state index in [1.807, 2.05) is 18.2 Å². The smallest absolute Gasteiger partial charge is 0.298 e. The van der Waals surface area contributed by atoms with Gasteiger partial charge in [0.25, 0.3) is 10.1 Å². The molecule has 5 nitrogen and oxygen atoms in total. The third-order valence-electron chi connectivity index (χ3n) is 5.66. The maximum atomic E-state index is 11.2. The largest absolute Gasteiger partial charge is 0.506 e. The number of rotatable bonds is 16. The van der Waals surface area contributed by atoms with Gasteiger partial charge in [0.2, 0.25) is 0 Å². The van der Waals surface area contributed by atoms with Crippen LogP contribution in [0, 0.1) is 0 Å². The van der Waals surface area contributed by atoms with E-state index in [-0.39, 0.29) is 0 Å². The van der Waals surface area contributed by atoms with Gasteiger partial charge in [-0.1, -0.05) is 89.7 Å². The Hall–Kier alpha value is -2.05. The maximum absolute atomic E-state index is 11.2. The molecule has 0 aliphatic heterocycles. The van der Waals surface area contributed by atoms with Gasteiger partial charge in [-0.15, -0.1) is 0 Å². The van der Waals surface area contributed by atoms with Crippen LogP contribution in [0.25, 0.3) is 0 Å². The monoisotopic (exact) mass is 462 g/mol. The fourth-order valence-corrected chi connectivity index (χ4v) is 4.41. The Morgan fingerprint density at radius 2 is 1.31 bits per heavy atom. The van der Waals surface area contributed by atoms with Crippen LogP contribution in [0.2, 0.25) is 0 Å². The van der Waals surface area contributed by atoms with Crippen LogP contribution in [0.15, 0.2) is 47.4 Å². The molecule has 2 aromatic carbocycles. The van der Waals surface area contributed by atoms with Gasteiger partial charge >= 0.3 is 0 Å². The van der Waals surface area contributed by atoms with Crippen LogP contribution in [-0.2, 0) is 16.5 Å². The second kappa shape index (κ2) is 14.2. The molecule has 0 unspecified atom stereocenters. The molecule has 178 valence electrons. The first kappa shape index (κ1) is 26.2. The lowest BCUT2D eigenvalue weighted by Gasteiger charge is -2.09. The molecule has 0 heterocycles. The fraction of sp³-hybridized carbons (Fsp3) is 0.538. The molecule has 0 saturated carbocycles. The quantitative estimate of drug-likeness (QED) is 0.197. The molecule has 32 heavy (non-hydrogen) atoms. The molecule has 0 spiro atoms. The van der Waals surface area contributed by atoms with E-state index in [1.54, 1.807) is 0 Å². The highest BCUT2D eigenvalue weighted by Gasteiger charge is 2.16. The van der Waals surface area contributed by atoms with Crippen molar-refractivity contribution in [1.29, 1.82) is 0 Å². The van der Waals surface area contributed by atoms with E-state index >= 15 is 0 Å². The summed E-state index contributed by atoms with van der Waals surface area (Å²) in [5.41, 5.74) is 1.19. The zero-order valence-electron chi connectivity index (χ0n) is 19.3. The third kappa shape index (κ3) is 10.0. The second-order valence-electron chi connectivity index (χ2n) is 8.49. The molecule has 0 bridgehead atoms. The highest BCUT2D eigenvalue weighted by Crippen LogP contribution is 2.30. The number of aryl methyl sites for hydroxylation is 1. The molecular weight excluding hydrogens is 424 g/mol. The average molecular weight is 463 g/mol. The molecule has 0 aromatic heterocycles. The summed E-state index contributed by atoms with van der Waals surface area (Å²) in [7, 11) is -4.46. The van der Waals surface area contributed by atoms with Gasteiger partial charge < -0.3 is 9.84 Å². The number of benzene rings is 2. The summed E-state index contributed by atoms with van der Waals surface area (Å²) in [6.07, 6.45) is 16.9. The van der Waals surface area contributed by atoms with E-state index in [0.29, 0.717) is 11.5 Å². The molecule has 2 N–H and O–H groups in total. The SMILES string of the molecule is CCCCCCCCCCCCCCc1cccc(Oc2ccc(S(=O)(=O)O)c(O)c2)c1. The molecule has 6 heteroatoms. The lowest BCUT2D eigenvalue weighted by molar-refractivity contribution is 0.433. The average Bonchev–Trinajstić information content (AvgIpc) is 2.74. The Kier molecular flexibility index (Phi) is 11.6.